The number of nitrogens with one attached hydrogen (secondary N) is 1. The van der Waals surface area contributed by atoms with Crippen molar-refractivity contribution in [2.75, 3.05) is 6.61 Å². The lowest BCUT2D eigenvalue weighted by Crippen LogP contribution is -2.29. The van der Waals surface area contributed by atoms with Crippen LogP contribution >= 0.6 is 0 Å². The maximum Gasteiger partial charge on any atom is 0.416 e. The molecular formula is C9H7F6NO3S. The highest BCUT2D eigenvalue weighted by molar-refractivity contribution is 7.89. The number of rotatable bonds is 4. The summed E-state index contributed by atoms with van der Waals surface area (Å²) in [6.07, 6.45) is -9.56. The number of sulfonamides is 1. The summed E-state index contributed by atoms with van der Waals surface area (Å²) in [4.78, 5) is 3.93. The van der Waals surface area contributed by atoms with Gasteiger partial charge in [-0.05, 0) is 18.2 Å². The molecule has 11 heteroatoms. The SMILES string of the molecule is O=S(=O)(NOCC(F)(F)F)c1cccc(C(F)(F)F)c1. The molecule has 1 aromatic carbocycles. The average molecular weight is 323 g/mol. The van der Waals surface area contributed by atoms with E-state index < -0.39 is 39.4 Å². The molecule has 0 saturated heterocycles. The molecule has 4 nitrogen and oxygen atoms in total. The fourth-order valence-electron chi connectivity index (χ4n) is 1.08. The van der Waals surface area contributed by atoms with Crippen LogP contribution in [-0.4, -0.2) is 21.2 Å². The fourth-order valence-corrected chi connectivity index (χ4v) is 1.93. The molecule has 0 spiro atoms. The van der Waals surface area contributed by atoms with Crippen molar-refractivity contribution in [1.82, 2.24) is 4.89 Å². The van der Waals surface area contributed by atoms with Crippen LogP contribution < -0.4 is 4.89 Å². The molecule has 0 radical (unpaired) electrons. The van der Waals surface area contributed by atoms with Crippen molar-refractivity contribution in [3.63, 3.8) is 0 Å². The summed E-state index contributed by atoms with van der Waals surface area (Å²) in [6.45, 7) is -1.91. The van der Waals surface area contributed by atoms with E-state index in [1.54, 1.807) is 0 Å². The molecule has 0 amide bonds. The normalized spacial score (nSPS) is 13.5. The Morgan fingerprint density at radius 3 is 2.20 bits per heavy atom. The zero-order valence-corrected chi connectivity index (χ0v) is 10.2. The van der Waals surface area contributed by atoms with Gasteiger partial charge in [0.15, 0.2) is 6.61 Å². The molecule has 0 aliphatic rings. The Bertz CT molecular complexity index is 566. The van der Waals surface area contributed by atoms with Crippen LogP contribution in [0.1, 0.15) is 5.56 Å². The van der Waals surface area contributed by atoms with Gasteiger partial charge in [-0.25, -0.2) is 8.42 Å². The van der Waals surface area contributed by atoms with Crippen LogP contribution in [0.4, 0.5) is 26.3 Å². The lowest BCUT2D eigenvalue weighted by molar-refractivity contribution is -0.181. The van der Waals surface area contributed by atoms with Crippen molar-refractivity contribution in [1.29, 1.82) is 0 Å². The maximum absolute atomic E-state index is 12.4. The predicted octanol–water partition coefficient (Wildman–Crippen LogP) is 2.48. The van der Waals surface area contributed by atoms with Crippen LogP contribution in [0.25, 0.3) is 0 Å². The number of hydrogen-bond acceptors (Lipinski definition) is 3. The molecule has 0 atom stereocenters. The maximum atomic E-state index is 12.4. The standard InChI is InChI=1S/C9H7F6NO3S/c10-8(11,12)5-19-16-20(17,18)7-3-1-2-6(4-7)9(13,14)15/h1-4,16H,5H2. The minimum Gasteiger partial charge on any atom is -0.277 e. The minimum atomic E-state index is -4.78. The molecule has 0 fully saturated rings. The molecule has 0 unspecified atom stereocenters. The van der Waals surface area contributed by atoms with Gasteiger partial charge in [0.25, 0.3) is 10.0 Å². The number of halogens is 6. The first-order valence-corrected chi connectivity index (χ1v) is 6.28. The van der Waals surface area contributed by atoms with E-state index in [4.69, 9.17) is 0 Å². The van der Waals surface area contributed by atoms with E-state index in [2.05, 4.69) is 4.84 Å². The van der Waals surface area contributed by atoms with Gasteiger partial charge in [0.1, 0.15) is 0 Å². The summed E-state index contributed by atoms with van der Waals surface area (Å²) in [6, 6.07) is 2.49. The molecule has 0 aliphatic heterocycles. The molecule has 1 N–H and O–H groups in total. The first kappa shape index (κ1) is 16.7. The van der Waals surface area contributed by atoms with Crippen LogP contribution in [-0.2, 0) is 21.0 Å². The van der Waals surface area contributed by atoms with Crippen molar-refractivity contribution in [2.24, 2.45) is 0 Å². The molecule has 0 heterocycles. The third-order valence-corrected chi connectivity index (χ3v) is 3.09. The highest BCUT2D eigenvalue weighted by Gasteiger charge is 2.32. The smallest absolute Gasteiger partial charge is 0.277 e. The van der Waals surface area contributed by atoms with E-state index in [-0.39, 0.29) is 6.07 Å². The highest BCUT2D eigenvalue weighted by atomic mass is 32.2. The molecule has 1 rings (SSSR count). The summed E-state index contributed by atoms with van der Waals surface area (Å²) >= 11 is 0. The van der Waals surface area contributed by atoms with Gasteiger partial charge in [0.05, 0.1) is 10.5 Å². The number of alkyl halides is 6. The first-order valence-electron chi connectivity index (χ1n) is 4.79. The zero-order valence-electron chi connectivity index (χ0n) is 9.42. The quantitative estimate of drug-likeness (QED) is 0.684. The molecule has 0 aliphatic carbocycles. The topological polar surface area (TPSA) is 55.4 Å². The van der Waals surface area contributed by atoms with Crippen LogP contribution in [0.3, 0.4) is 0 Å². The van der Waals surface area contributed by atoms with Gasteiger partial charge < -0.3 is 0 Å². The van der Waals surface area contributed by atoms with Crippen molar-refractivity contribution in [3.05, 3.63) is 29.8 Å². The van der Waals surface area contributed by atoms with Crippen LogP contribution in [0.2, 0.25) is 0 Å². The van der Waals surface area contributed by atoms with Crippen molar-refractivity contribution < 1.29 is 39.6 Å². The monoisotopic (exact) mass is 323 g/mol. The molecule has 20 heavy (non-hydrogen) atoms. The van der Waals surface area contributed by atoms with Crippen molar-refractivity contribution >= 4 is 10.0 Å². The number of benzene rings is 1. The van der Waals surface area contributed by atoms with E-state index in [0.717, 1.165) is 17.0 Å². The summed E-state index contributed by atoms with van der Waals surface area (Å²) in [5.74, 6) is 0. The van der Waals surface area contributed by atoms with Gasteiger partial charge in [0, 0.05) is 0 Å². The van der Waals surface area contributed by atoms with Gasteiger partial charge in [0.2, 0.25) is 0 Å². The van der Waals surface area contributed by atoms with Crippen LogP contribution in [0, 0.1) is 0 Å². The Morgan fingerprint density at radius 2 is 1.70 bits per heavy atom. The Balaban J connectivity index is 2.88. The molecule has 0 saturated carbocycles. The molecule has 0 aromatic heterocycles. The minimum absolute atomic E-state index is 0.277. The van der Waals surface area contributed by atoms with E-state index >= 15 is 0 Å². The summed E-state index contributed by atoms with van der Waals surface area (Å²) in [5.41, 5.74) is -1.25. The van der Waals surface area contributed by atoms with E-state index in [9.17, 15) is 34.8 Å². The Morgan fingerprint density at radius 1 is 1.10 bits per heavy atom. The Hall–Kier alpha value is -1.33. The Kier molecular flexibility index (Phi) is 4.66. The van der Waals surface area contributed by atoms with Gasteiger partial charge in [-0.2, -0.15) is 26.3 Å². The van der Waals surface area contributed by atoms with Crippen LogP contribution in [0.15, 0.2) is 29.2 Å². The van der Waals surface area contributed by atoms with Gasteiger partial charge in [-0.15, -0.1) is 0 Å². The van der Waals surface area contributed by atoms with E-state index in [0.29, 0.717) is 6.07 Å². The zero-order chi connectivity index (χ0) is 15.6. The summed E-state index contributed by atoms with van der Waals surface area (Å²) in [5, 5.41) is 0. The van der Waals surface area contributed by atoms with E-state index in [1.165, 1.54) is 0 Å². The van der Waals surface area contributed by atoms with Gasteiger partial charge in [-0.3, -0.25) is 4.84 Å². The number of hydrogen-bond donors (Lipinski definition) is 1. The third kappa shape index (κ3) is 4.98. The molecule has 0 bridgehead atoms. The molecule has 1 aromatic rings. The van der Waals surface area contributed by atoms with Gasteiger partial charge in [-0.1, -0.05) is 11.0 Å². The lowest BCUT2D eigenvalue weighted by atomic mass is 10.2. The second-order valence-corrected chi connectivity index (χ2v) is 5.16. The van der Waals surface area contributed by atoms with Crippen molar-refractivity contribution in [2.45, 2.75) is 17.2 Å². The largest absolute Gasteiger partial charge is 0.416 e. The fraction of sp³-hybridized carbons (Fsp3) is 0.333. The second-order valence-electron chi connectivity index (χ2n) is 3.52. The predicted molar refractivity (Wildman–Crippen MR) is 53.8 cm³/mol. The first-order chi connectivity index (χ1) is 8.92. The molecular weight excluding hydrogens is 316 g/mol. The summed E-state index contributed by atoms with van der Waals surface area (Å²) < 4.78 is 95.2. The second kappa shape index (κ2) is 5.58. The molecule has 114 valence electrons. The van der Waals surface area contributed by atoms with Crippen molar-refractivity contribution in [3.8, 4) is 0 Å². The highest BCUT2D eigenvalue weighted by Crippen LogP contribution is 2.30. The van der Waals surface area contributed by atoms with Gasteiger partial charge >= 0.3 is 12.4 Å². The lowest BCUT2D eigenvalue weighted by Gasteiger charge is -2.11. The van der Waals surface area contributed by atoms with Crippen LogP contribution in [0.5, 0.6) is 0 Å². The average Bonchev–Trinajstić information content (AvgIpc) is 2.26. The summed E-state index contributed by atoms with van der Waals surface area (Å²) in [7, 11) is -4.64. The van der Waals surface area contributed by atoms with E-state index in [1.807, 2.05) is 0 Å². The Labute approximate surface area is 109 Å². The third-order valence-electron chi connectivity index (χ3n) is 1.88.